The van der Waals surface area contributed by atoms with E-state index in [2.05, 4.69) is 36.8 Å². The van der Waals surface area contributed by atoms with Crippen molar-refractivity contribution in [1.29, 1.82) is 0 Å². The van der Waals surface area contributed by atoms with Gasteiger partial charge in [0.2, 0.25) is 0 Å². The van der Waals surface area contributed by atoms with Crippen molar-refractivity contribution in [2.45, 2.75) is 39.3 Å². The van der Waals surface area contributed by atoms with E-state index in [1.165, 1.54) is 17.0 Å². The first-order valence-corrected chi connectivity index (χ1v) is 7.77. The van der Waals surface area contributed by atoms with Crippen LogP contribution in [-0.2, 0) is 24.4 Å². The molecule has 1 aromatic rings. The molecule has 0 saturated carbocycles. The van der Waals surface area contributed by atoms with E-state index in [4.69, 9.17) is 0 Å². The van der Waals surface area contributed by atoms with Crippen molar-refractivity contribution < 1.29 is 4.21 Å². The standard InChI is InChI=1S/C13H22N2OS/c1-10-8-12(11(2)15(10)3)9-14-13-4-6-17(16)7-5-13/h8,13-14H,4-7,9H2,1-3H3. The van der Waals surface area contributed by atoms with Crippen molar-refractivity contribution in [2.24, 2.45) is 7.05 Å². The summed E-state index contributed by atoms with van der Waals surface area (Å²) in [6.07, 6.45) is 2.11. The lowest BCUT2D eigenvalue weighted by molar-refractivity contribution is 0.474. The number of rotatable bonds is 3. The molecule has 0 aliphatic carbocycles. The zero-order chi connectivity index (χ0) is 12.4. The maximum atomic E-state index is 11.3. The van der Waals surface area contributed by atoms with E-state index < -0.39 is 10.8 Å². The van der Waals surface area contributed by atoms with Gasteiger partial charge < -0.3 is 9.88 Å². The Morgan fingerprint density at radius 2 is 2.06 bits per heavy atom. The van der Waals surface area contributed by atoms with Crippen LogP contribution in [0.25, 0.3) is 0 Å². The highest BCUT2D eigenvalue weighted by molar-refractivity contribution is 7.85. The highest BCUT2D eigenvalue weighted by Crippen LogP contribution is 2.15. The molecule has 3 nitrogen and oxygen atoms in total. The zero-order valence-corrected chi connectivity index (χ0v) is 11.8. The van der Waals surface area contributed by atoms with Gasteiger partial charge in [-0.1, -0.05) is 0 Å². The Kier molecular flexibility index (Phi) is 4.05. The largest absolute Gasteiger partial charge is 0.352 e. The number of nitrogens with one attached hydrogen (secondary N) is 1. The maximum absolute atomic E-state index is 11.3. The van der Waals surface area contributed by atoms with Gasteiger partial charge in [-0.05, 0) is 38.3 Å². The second-order valence-electron chi connectivity index (χ2n) is 4.96. The Hall–Kier alpha value is -0.610. The van der Waals surface area contributed by atoms with Gasteiger partial charge in [-0.15, -0.1) is 0 Å². The van der Waals surface area contributed by atoms with Crippen molar-refractivity contribution in [1.82, 2.24) is 9.88 Å². The molecule has 0 atom stereocenters. The van der Waals surface area contributed by atoms with Gasteiger partial charge in [0.15, 0.2) is 0 Å². The summed E-state index contributed by atoms with van der Waals surface area (Å²) in [6.45, 7) is 5.24. The number of aromatic nitrogens is 1. The Bertz CT molecular complexity index is 415. The van der Waals surface area contributed by atoms with Gasteiger partial charge in [-0.25, -0.2) is 0 Å². The fourth-order valence-electron chi connectivity index (χ4n) is 2.36. The van der Waals surface area contributed by atoms with Crippen LogP contribution in [0.2, 0.25) is 0 Å². The Morgan fingerprint density at radius 1 is 1.41 bits per heavy atom. The Labute approximate surface area is 106 Å². The van der Waals surface area contributed by atoms with E-state index in [0.29, 0.717) is 6.04 Å². The number of nitrogens with zero attached hydrogens (tertiary/aromatic N) is 1. The normalized spacial score (nSPS) is 25.1. The summed E-state index contributed by atoms with van der Waals surface area (Å²) in [6, 6.07) is 2.80. The van der Waals surface area contributed by atoms with Crippen LogP contribution in [0.4, 0.5) is 0 Å². The van der Waals surface area contributed by atoms with Gasteiger partial charge in [0.1, 0.15) is 0 Å². The number of hydrogen-bond acceptors (Lipinski definition) is 2. The first-order chi connectivity index (χ1) is 8.08. The quantitative estimate of drug-likeness (QED) is 0.890. The van der Waals surface area contributed by atoms with Crippen molar-refractivity contribution in [2.75, 3.05) is 11.5 Å². The van der Waals surface area contributed by atoms with E-state index in [0.717, 1.165) is 30.9 Å². The molecule has 2 heterocycles. The van der Waals surface area contributed by atoms with Crippen LogP contribution in [0.5, 0.6) is 0 Å². The molecule has 1 aliphatic heterocycles. The molecule has 0 aromatic carbocycles. The van der Waals surface area contributed by atoms with Crippen LogP contribution >= 0.6 is 0 Å². The zero-order valence-electron chi connectivity index (χ0n) is 11.0. The molecule has 1 aliphatic rings. The number of aryl methyl sites for hydroxylation is 1. The SMILES string of the molecule is Cc1cc(CNC2CCS(=O)CC2)c(C)n1C. The summed E-state index contributed by atoms with van der Waals surface area (Å²) in [7, 11) is 1.55. The third kappa shape index (κ3) is 2.99. The van der Waals surface area contributed by atoms with Gasteiger partial charge in [-0.3, -0.25) is 4.21 Å². The summed E-state index contributed by atoms with van der Waals surface area (Å²) in [4.78, 5) is 0. The van der Waals surface area contributed by atoms with Crippen LogP contribution in [-0.4, -0.2) is 26.3 Å². The summed E-state index contributed by atoms with van der Waals surface area (Å²) in [5.41, 5.74) is 4.04. The molecule has 1 saturated heterocycles. The second-order valence-corrected chi connectivity index (χ2v) is 6.65. The predicted molar refractivity (Wildman–Crippen MR) is 72.6 cm³/mol. The van der Waals surface area contributed by atoms with Crippen molar-refractivity contribution in [3.05, 3.63) is 23.0 Å². The molecule has 1 fully saturated rings. The van der Waals surface area contributed by atoms with Crippen molar-refractivity contribution >= 4 is 10.8 Å². The molecule has 1 N–H and O–H groups in total. The lowest BCUT2D eigenvalue weighted by Crippen LogP contribution is -2.35. The second kappa shape index (κ2) is 5.36. The summed E-state index contributed by atoms with van der Waals surface area (Å²) in [5, 5.41) is 3.59. The molecule has 2 rings (SSSR count). The molecule has 1 aromatic heterocycles. The minimum atomic E-state index is -0.557. The van der Waals surface area contributed by atoms with Gasteiger partial charge in [0.25, 0.3) is 0 Å². The molecule has 4 heteroatoms. The van der Waals surface area contributed by atoms with Gasteiger partial charge in [-0.2, -0.15) is 0 Å². The molecule has 0 amide bonds. The molecule has 0 radical (unpaired) electrons. The van der Waals surface area contributed by atoms with E-state index >= 15 is 0 Å². The molecule has 0 spiro atoms. The molecular weight excluding hydrogens is 232 g/mol. The maximum Gasteiger partial charge on any atom is 0.0249 e. The predicted octanol–water partition coefficient (Wildman–Crippen LogP) is 1.64. The van der Waals surface area contributed by atoms with E-state index in [1.54, 1.807) is 0 Å². The molecule has 0 unspecified atom stereocenters. The van der Waals surface area contributed by atoms with Crippen molar-refractivity contribution in [3.63, 3.8) is 0 Å². The van der Waals surface area contributed by atoms with Crippen LogP contribution in [0.15, 0.2) is 6.07 Å². The van der Waals surface area contributed by atoms with Gasteiger partial charge >= 0.3 is 0 Å². The lowest BCUT2D eigenvalue weighted by atomic mass is 10.1. The third-order valence-electron chi connectivity index (χ3n) is 3.85. The molecule has 96 valence electrons. The average Bonchev–Trinajstić information content (AvgIpc) is 2.56. The van der Waals surface area contributed by atoms with Crippen molar-refractivity contribution in [3.8, 4) is 0 Å². The molecule has 17 heavy (non-hydrogen) atoms. The molecule has 0 bridgehead atoms. The first-order valence-electron chi connectivity index (χ1n) is 6.28. The van der Waals surface area contributed by atoms with E-state index in [1.807, 2.05) is 0 Å². The summed E-state index contributed by atoms with van der Waals surface area (Å²) >= 11 is 0. The summed E-state index contributed by atoms with van der Waals surface area (Å²) < 4.78 is 13.5. The lowest BCUT2D eigenvalue weighted by Gasteiger charge is -2.22. The van der Waals surface area contributed by atoms with Gasteiger partial charge in [0.05, 0.1) is 0 Å². The molecular formula is C13H22N2OS. The van der Waals surface area contributed by atoms with Crippen LogP contribution in [0, 0.1) is 13.8 Å². The van der Waals surface area contributed by atoms with E-state index in [9.17, 15) is 4.21 Å². The topological polar surface area (TPSA) is 34.0 Å². The average molecular weight is 254 g/mol. The van der Waals surface area contributed by atoms with Crippen LogP contribution < -0.4 is 5.32 Å². The Morgan fingerprint density at radius 3 is 2.59 bits per heavy atom. The Balaban J connectivity index is 1.89. The smallest absolute Gasteiger partial charge is 0.0249 e. The monoisotopic (exact) mass is 254 g/mol. The highest BCUT2D eigenvalue weighted by Gasteiger charge is 2.17. The fourth-order valence-corrected chi connectivity index (χ4v) is 3.66. The summed E-state index contributed by atoms with van der Waals surface area (Å²) in [5.74, 6) is 1.73. The minimum Gasteiger partial charge on any atom is -0.352 e. The first kappa shape index (κ1) is 12.8. The van der Waals surface area contributed by atoms with Crippen LogP contribution in [0.1, 0.15) is 29.8 Å². The fraction of sp³-hybridized carbons (Fsp3) is 0.692. The van der Waals surface area contributed by atoms with E-state index in [-0.39, 0.29) is 0 Å². The highest BCUT2D eigenvalue weighted by atomic mass is 32.2. The third-order valence-corrected chi connectivity index (χ3v) is 5.23. The van der Waals surface area contributed by atoms with Crippen LogP contribution in [0.3, 0.4) is 0 Å². The van der Waals surface area contributed by atoms with Gasteiger partial charge in [0, 0.05) is 53.3 Å². The minimum absolute atomic E-state index is 0.549. The number of hydrogen-bond donors (Lipinski definition) is 1.